The Morgan fingerprint density at radius 3 is 1.17 bits per heavy atom. The number of aliphatic carboxylic acids is 2. The summed E-state index contributed by atoms with van der Waals surface area (Å²) in [5.41, 5.74) is 0.681. The second-order valence-corrected chi connectivity index (χ2v) is 4.26. The van der Waals surface area contributed by atoms with Crippen LogP contribution in [0.2, 0.25) is 0 Å². The van der Waals surface area contributed by atoms with Gasteiger partial charge in [0.2, 0.25) is 0 Å². The molecular formula is C16H14O6Zn. The van der Waals surface area contributed by atoms with Gasteiger partial charge >= 0.3 is 19.5 Å². The first-order valence-electron chi connectivity index (χ1n) is 6.31. The normalized spacial score (nSPS) is 11.9. The molecule has 0 bridgehead atoms. The van der Waals surface area contributed by atoms with Gasteiger partial charge in [-0.1, -0.05) is 60.7 Å². The number of carboxylic acids is 2. The van der Waals surface area contributed by atoms with Crippen molar-refractivity contribution in [2.45, 2.75) is 12.2 Å². The Bertz CT molecular complexity index is 547. The van der Waals surface area contributed by atoms with Crippen LogP contribution in [0.3, 0.4) is 0 Å². The first kappa shape index (κ1) is 20.9. The maximum atomic E-state index is 10.1. The van der Waals surface area contributed by atoms with Gasteiger partial charge in [-0.3, -0.25) is 0 Å². The topological polar surface area (TPSA) is 121 Å². The maximum absolute atomic E-state index is 10.1. The van der Waals surface area contributed by atoms with Gasteiger partial charge in [-0.2, -0.15) is 0 Å². The van der Waals surface area contributed by atoms with Crippen molar-refractivity contribution >= 4 is 11.9 Å². The van der Waals surface area contributed by atoms with E-state index in [2.05, 4.69) is 0 Å². The zero-order valence-corrected chi connectivity index (χ0v) is 15.1. The van der Waals surface area contributed by atoms with Crippen molar-refractivity contribution < 1.29 is 49.5 Å². The minimum atomic E-state index is -1.52. The second-order valence-electron chi connectivity index (χ2n) is 4.26. The molecule has 0 fully saturated rings. The Morgan fingerprint density at radius 2 is 0.957 bits per heavy atom. The van der Waals surface area contributed by atoms with Crippen molar-refractivity contribution in [3.05, 3.63) is 71.8 Å². The molecule has 0 saturated heterocycles. The van der Waals surface area contributed by atoms with Crippen molar-refractivity contribution in [2.75, 3.05) is 0 Å². The average molecular weight is 368 g/mol. The van der Waals surface area contributed by atoms with E-state index in [9.17, 15) is 19.8 Å². The number of hydrogen-bond acceptors (Lipinski definition) is 6. The summed E-state index contributed by atoms with van der Waals surface area (Å²) in [6.45, 7) is 0. The molecular weight excluding hydrogens is 354 g/mol. The van der Waals surface area contributed by atoms with E-state index in [-0.39, 0.29) is 19.5 Å². The molecule has 0 spiro atoms. The standard InChI is InChI=1S/2C8H8O3.Zn/c2*9-7(8(10)11)6-4-2-1-3-5-6;/h2*1-5,7,9H,(H,10,11);/q;;+2/p-2/t2*7-;/m00./s1. The van der Waals surface area contributed by atoms with Crippen LogP contribution in [0.4, 0.5) is 0 Å². The van der Waals surface area contributed by atoms with Gasteiger partial charge in [-0.15, -0.1) is 0 Å². The van der Waals surface area contributed by atoms with Gasteiger partial charge in [0.1, 0.15) is 12.2 Å². The van der Waals surface area contributed by atoms with Crippen LogP contribution in [0.5, 0.6) is 0 Å². The molecule has 116 valence electrons. The minimum Gasteiger partial charge on any atom is -0.547 e. The number of benzene rings is 2. The Hall–Kier alpha value is -2.08. The van der Waals surface area contributed by atoms with Crippen LogP contribution < -0.4 is 10.2 Å². The van der Waals surface area contributed by atoms with Gasteiger partial charge in [0, 0.05) is 0 Å². The van der Waals surface area contributed by atoms with Gasteiger partial charge in [0.25, 0.3) is 0 Å². The Balaban J connectivity index is 0.000000403. The Labute approximate surface area is 145 Å². The average Bonchev–Trinajstić information content (AvgIpc) is 2.55. The van der Waals surface area contributed by atoms with Crippen molar-refractivity contribution in [3.63, 3.8) is 0 Å². The Kier molecular flexibility index (Phi) is 9.66. The molecule has 0 aliphatic heterocycles. The summed E-state index contributed by atoms with van der Waals surface area (Å²) in [6, 6.07) is 16.2. The van der Waals surface area contributed by atoms with Gasteiger partial charge < -0.3 is 30.0 Å². The fourth-order valence-corrected chi connectivity index (χ4v) is 1.54. The summed E-state index contributed by atoms with van der Waals surface area (Å²) in [7, 11) is 0. The molecule has 0 aliphatic rings. The van der Waals surface area contributed by atoms with Crippen LogP contribution in [0.15, 0.2) is 60.7 Å². The molecule has 0 amide bonds. The molecule has 23 heavy (non-hydrogen) atoms. The maximum Gasteiger partial charge on any atom is 2.00 e. The number of carboxylic acid groups (broad SMARTS) is 2. The van der Waals surface area contributed by atoms with Crippen LogP contribution in [0, 0.1) is 0 Å². The number of aliphatic hydroxyl groups is 2. The fraction of sp³-hybridized carbons (Fsp3) is 0.125. The molecule has 2 aromatic carbocycles. The smallest absolute Gasteiger partial charge is 0.547 e. The second kappa shape index (κ2) is 10.6. The SMILES string of the molecule is O=C([O-])[C@@H](O)c1ccccc1.O=C([O-])[C@@H](O)c1ccccc1.[Zn+2]. The fourth-order valence-electron chi connectivity index (χ4n) is 1.54. The van der Waals surface area contributed by atoms with E-state index >= 15 is 0 Å². The van der Waals surface area contributed by atoms with Crippen LogP contribution in [-0.4, -0.2) is 22.2 Å². The van der Waals surface area contributed by atoms with E-state index in [1.807, 2.05) is 0 Å². The third-order valence-electron chi connectivity index (χ3n) is 2.68. The van der Waals surface area contributed by atoms with Gasteiger partial charge in [0.05, 0.1) is 11.9 Å². The third-order valence-corrected chi connectivity index (χ3v) is 2.68. The third kappa shape index (κ3) is 7.15. The molecule has 0 aromatic heterocycles. The minimum absolute atomic E-state index is 0. The summed E-state index contributed by atoms with van der Waals surface area (Å²) < 4.78 is 0. The molecule has 0 radical (unpaired) electrons. The Morgan fingerprint density at radius 1 is 0.696 bits per heavy atom. The number of carbonyl (C=O) groups excluding carboxylic acids is 2. The first-order valence-corrected chi connectivity index (χ1v) is 6.31. The molecule has 6 nitrogen and oxygen atoms in total. The molecule has 2 atom stereocenters. The van der Waals surface area contributed by atoms with E-state index < -0.39 is 24.1 Å². The van der Waals surface area contributed by atoms with E-state index in [1.165, 1.54) is 24.3 Å². The summed E-state index contributed by atoms with van der Waals surface area (Å²) in [4.78, 5) is 20.3. The zero-order chi connectivity index (χ0) is 16.5. The predicted octanol–water partition coefficient (Wildman–Crippen LogP) is -1.06. The zero-order valence-electron chi connectivity index (χ0n) is 12.2. The van der Waals surface area contributed by atoms with E-state index in [1.54, 1.807) is 36.4 Å². The molecule has 7 heteroatoms. The van der Waals surface area contributed by atoms with Gasteiger partial charge in [-0.05, 0) is 11.1 Å². The summed E-state index contributed by atoms with van der Waals surface area (Å²) in [5, 5.41) is 38.1. The van der Waals surface area contributed by atoms with Crippen LogP contribution in [-0.2, 0) is 29.1 Å². The molecule has 2 N–H and O–H groups in total. The summed E-state index contributed by atoms with van der Waals surface area (Å²) in [6.07, 6.45) is -3.03. The molecule has 0 aliphatic carbocycles. The number of hydrogen-bond donors (Lipinski definition) is 2. The molecule has 2 rings (SSSR count). The number of carbonyl (C=O) groups is 2. The van der Waals surface area contributed by atoms with Crippen molar-refractivity contribution in [2.24, 2.45) is 0 Å². The van der Waals surface area contributed by atoms with Crippen LogP contribution >= 0.6 is 0 Å². The number of rotatable bonds is 4. The van der Waals surface area contributed by atoms with Gasteiger partial charge in [0.15, 0.2) is 0 Å². The van der Waals surface area contributed by atoms with E-state index in [0.717, 1.165) is 0 Å². The predicted molar refractivity (Wildman–Crippen MR) is 72.8 cm³/mol. The first-order chi connectivity index (χ1) is 10.4. The van der Waals surface area contributed by atoms with E-state index in [0.29, 0.717) is 11.1 Å². The summed E-state index contributed by atoms with van der Waals surface area (Å²) in [5.74, 6) is -2.95. The molecule has 0 saturated carbocycles. The van der Waals surface area contributed by atoms with Crippen molar-refractivity contribution in [1.29, 1.82) is 0 Å². The number of aliphatic hydroxyl groups excluding tert-OH is 2. The van der Waals surface area contributed by atoms with Crippen molar-refractivity contribution in [3.8, 4) is 0 Å². The largest absolute Gasteiger partial charge is 2.00 e. The molecule has 0 unspecified atom stereocenters. The summed E-state index contributed by atoms with van der Waals surface area (Å²) >= 11 is 0. The molecule has 0 heterocycles. The van der Waals surface area contributed by atoms with Gasteiger partial charge in [-0.25, -0.2) is 0 Å². The molecule has 2 aromatic rings. The van der Waals surface area contributed by atoms with Crippen LogP contribution in [0.25, 0.3) is 0 Å². The van der Waals surface area contributed by atoms with Crippen LogP contribution in [0.1, 0.15) is 23.3 Å². The van der Waals surface area contributed by atoms with Crippen molar-refractivity contribution in [1.82, 2.24) is 0 Å². The quantitative estimate of drug-likeness (QED) is 0.664. The van der Waals surface area contributed by atoms with E-state index in [4.69, 9.17) is 10.2 Å². The monoisotopic (exact) mass is 366 g/mol.